The summed E-state index contributed by atoms with van der Waals surface area (Å²) in [5.41, 5.74) is 0.165. The minimum atomic E-state index is -8.35. The van der Waals surface area contributed by atoms with E-state index < -0.39 is 54.1 Å². The maximum atomic E-state index is 13.9. The van der Waals surface area contributed by atoms with E-state index in [0.717, 1.165) is 12.1 Å². The van der Waals surface area contributed by atoms with Gasteiger partial charge in [-0.3, -0.25) is 0 Å². The van der Waals surface area contributed by atoms with E-state index in [2.05, 4.69) is 15.0 Å². The number of rotatable bonds is 10. The Morgan fingerprint density at radius 3 is 1.28 bits per heavy atom. The second-order valence-electron chi connectivity index (χ2n) is 7.57. The van der Waals surface area contributed by atoms with Crippen molar-refractivity contribution in [3.63, 3.8) is 0 Å². The number of benzene rings is 2. The molecule has 4 nitrogen and oxygen atoms in total. The van der Waals surface area contributed by atoms with Gasteiger partial charge >= 0.3 is 41.7 Å². The Kier molecular flexibility index (Phi) is 8.12. The maximum Gasteiger partial charge on any atom is 0.460 e. The summed E-state index contributed by atoms with van der Waals surface area (Å²) in [5.74, 6) is -48.0. The van der Waals surface area contributed by atoms with Crippen molar-refractivity contribution in [3.8, 4) is 11.5 Å². The monoisotopic (exact) mass is 596 g/mol. The third-order valence-corrected chi connectivity index (χ3v) is 4.78. The van der Waals surface area contributed by atoms with Crippen LogP contribution in [0.5, 0.6) is 11.5 Å². The Morgan fingerprint density at radius 2 is 0.872 bits per heavy atom. The molecule has 0 amide bonds. The summed E-state index contributed by atoms with van der Waals surface area (Å²) in [4.78, 5) is 0. The van der Waals surface area contributed by atoms with Gasteiger partial charge in [0, 0.05) is 0 Å². The molecule has 0 aliphatic carbocycles. The van der Waals surface area contributed by atoms with Gasteiger partial charge in [-0.1, -0.05) is 0 Å². The molecule has 0 atom stereocenters. The summed E-state index contributed by atoms with van der Waals surface area (Å²) >= 11 is 0. The van der Waals surface area contributed by atoms with Crippen LogP contribution in [0.3, 0.4) is 0 Å². The first kappa shape index (κ1) is 31.8. The van der Waals surface area contributed by atoms with Crippen molar-refractivity contribution in [1.29, 1.82) is 0 Å². The molecule has 0 radical (unpaired) electrons. The molecular formula is C20H11F15N2O2. The standard InChI is InChI=1S/C20H11F15N2O2/c21-14(22,9-39-13-7-3-11(4-8-13)37-36-10-1-5-12(38)6-2-10)15(23,24)16(25,26)17(27,28)18(29,30)19(31,32)20(33,34)35/h1-8,38H,9H2. The zero-order valence-electron chi connectivity index (χ0n) is 18.2. The molecule has 0 saturated carbocycles. The minimum Gasteiger partial charge on any atom is -0.508 e. The molecule has 0 aliphatic heterocycles. The SMILES string of the molecule is Oc1ccc(N=Nc2ccc(OCC(F)(F)C(F)(F)C(F)(F)C(F)(F)C(F)(F)C(F)(F)C(F)(F)F)cc2)cc1. The molecule has 2 aromatic rings. The zero-order valence-corrected chi connectivity index (χ0v) is 18.2. The first-order valence-electron chi connectivity index (χ1n) is 9.69. The van der Waals surface area contributed by atoms with Crippen LogP contribution in [0.15, 0.2) is 58.8 Å². The van der Waals surface area contributed by atoms with Crippen LogP contribution in [0.4, 0.5) is 77.2 Å². The van der Waals surface area contributed by atoms with Crippen molar-refractivity contribution in [1.82, 2.24) is 0 Å². The van der Waals surface area contributed by atoms with Crippen LogP contribution in [-0.4, -0.2) is 53.4 Å². The number of azo groups is 1. The van der Waals surface area contributed by atoms with Gasteiger partial charge < -0.3 is 9.84 Å². The van der Waals surface area contributed by atoms with E-state index in [1.807, 2.05) is 0 Å². The lowest BCUT2D eigenvalue weighted by Crippen LogP contribution is -2.73. The minimum absolute atomic E-state index is 0.0495. The predicted octanol–water partition coefficient (Wildman–Crippen LogP) is 8.56. The third-order valence-electron chi connectivity index (χ3n) is 4.78. The molecule has 2 rings (SSSR count). The smallest absolute Gasteiger partial charge is 0.460 e. The summed E-state index contributed by atoms with van der Waals surface area (Å²) in [5, 5.41) is 16.5. The van der Waals surface area contributed by atoms with Gasteiger partial charge in [0.25, 0.3) is 0 Å². The number of hydrogen-bond acceptors (Lipinski definition) is 4. The second-order valence-corrected chi connectivity index (χ2v) is 7.57. The van der Waals surface area contributed by atoms with Gasteiger partial charge in [0.15, 0.2) is 6.61 Å². The highest BCUT2D eigenvalue weighted by Gasteiger charge is 2.93. The summed E-state index contributed by atoms with van der Waals surface area (Å²) in [7, 11) is 0. The van der Waals surface area contributed by atoms with Gasteiger partial charge in [-0.15, -0.1) is 0 Å². The highest BCUT2D eigenvalue weighted by atomic mass is 19.4. The number of nitrogens with zero attached hydrogens (tertiary/aromatic N) is 2. The largest absolute Gasteiger partial charge is 0.508 e. The number of phenolic OH excluding ortho intramolecular Hbond substituents is 1. The van der Waals surface area contributed by atoms with Gasteiger partial charge in [0.05, 0.1) is 11.4 Å². The fourth-order valence-electron chi connectivity index (χ4n) is 2.51. The topological polar surface area (TPSA) is 54.2 Å². The molecule has 39 heavy (non-hydrogen) atoms. The van der Waals surface area contributed by atoms with E-state index in [1.165, 1.54) is 24.3 Å². The highest BCUT2D eigenvalue weighted by Crippen LogP contribution is 2.62. The zero-order chi connectivity index (χ0) is 30.3. The third kappa shape index (κ3) is 5.52. The molecule has 0 bridgehead atoms. The average molecular weight is 596 g/mol. The van der Waals surface area contributed by atoms with Crippen LogP contribution in [0, 0.1) is 0 Å². The first-order valence-corrected chi connectivity index (χ1v) is 9.69. The number of phenols is 1. The molecule has 0 heterocycles. The van der Waals surface area contributed by atoms with Crippen LogP contribution >= 0.6 is 0 Å². The van der Waals surface area contributed by atoms with Crippen LogP contribution in [0.2, 0.25) is 0 Å². The van der Waals surface area contributed by atoms with E-state index >= 15 is 0 Å². The summed E-state index contributed by atoms with van der Waals surface area (Å²) in [6.07, 6.45) is -7.66. The summed E-state index contributed by atoms with van der Waals surface area (Å²) in [6, 6.07) is 8.37. The van der Waals surface area contributed by atoms with E-state index in [0.29, 0.717) is 12.1 Å². The van der Waals surface area contributed by atoms with Gasteiger partial charge in [-0.2, -0.15) is 76.1 Å². The molecule has 0 aliphatic rings. The molecule has 0 fully saturated rings. The molecule has 19 heteroatoms. The van der Waals surface area contributed by atoms with Gasteiger partial charge in [0.2, 0.25) is 0 Å². The number of ether oxygens (including phenoxy) is 1. The van der Waals surface area contributed by atoms with Crippen molar-refractivity contribution in [2.75, 3.05) is 6.61 Å². The van der Waals surface area contributed by atoms with E-state index in [9.17, 15) is 65.9 Å². The molecule has 2 aromatic carbocycles. The van der Waals surface area contributed by atoms with Gasteiger partial charge in [-0.25, -0.2) is 0 Å². The fraction of sp³-hybridized carbons (Fsp3) is 0.400. The Balaban J connectivity index is 2.23. The Hall–Kier alpha value is -3.41. The van der Waals surface area contributed by atoms with Crippen LogP contribution < -0.4 is 4.74 Å². The van der Waals surface area contributed by atoms with E-state index in [4.69, 9.17) is 5.11 Å². The van der Waals surface area contributed by atoms with E-state index in [1.54, 1.807) is 0 Å². The van der Waals surface area contributed by atoms with E-state index in [-0.39, 0.29) is 17.1 Å². The summed E-state index contributed by atoms with van der Waals surface area (Å²) in [6.45, 7) is -2.94. The molecule has 0 saturated heterocycles. The van der Waals surface area contributed by atoms with Crippen molar-refractivity contribution in [2.45, 2.75) is 41.7 Å². The number of halogens is 15. The lowest BCUT2D eigenvalue weighted by Gasteiger charge is -2.41. The predicted molar refractivity (Wildman–Crippen MR) is 100.0 cm³/mol. The fourth-order valence-corrected chi connectivity index (χ4v) is 2.51. The molecule has 1 N–H and O–H groups in total. The number of alkyl halides is 15. The Labute approximate surface area is 206 Å². The quantitative estimate of drug-likeness (QED) is 0.221. The van der Waals surface area contributed by atoms with Gasteiger partial charge in [0.1, 0.15) is 11.5 Å². The lowest BCUT2D eigenvalue weighted by molar-refractivity contribution is -0.453. The van der Waals surface area contributed by atoms with Crippen LogP contribution in [0.25, 0.3) is 0 Å². The normalized spacial score (nSPS) is 14.6. The number of hydrogen-bond donors (Lipinski definition) is 1. The van der Waals surface area contributed by atoms with Crippen molar-refractivity contribution < 1.29 is 75.7 Å². The Bertz CT molecular complexity index is 1160. The van der Waals surface area contributed by atoms with Crippen molar-refractivity contribution in [3.05, 3.63) is 48.5 Å². The van der Waals surface area contributed by atoms with Crippen LogP contribution in [0.1, 0.15) is 0 Å². The maximum absolute atomic E-state index is 13.9. The average Bonchev–Trinajstić information content (AvgIpc) is 2.81. The molecule has 218 valence electrons. The second kappa shape index (κ2) is 9.96. The lowest BCUT2D eigenvalue weighted by atomic mass is 9.91. The Morgan fingerprint density at radius 1 is 0.513 bits per heavy atom. The van der Waals surface area contributed by atoms with Gasteiger partial charge in [-0.05, 0) is 48.5 Å². The molecule has 0 unspecified atom stereocenters. The van der Waals surface area contributed by atoms with Crippen LogP contribution in [-0.2, 0) is 0 Å². The first-order chi connectivity index (χ1) is 17.4. The summed E-state index contributed by atoms with van der Waals surface area (Å²) < 4.78 is 202. The van der Waals surface area contributed by atoms with Crippen molar-refractivity contribution in [2.24, 2.45) is 10.2 Å². The molecular weight excluding hydrogens is 585 g/mol. The molecule has 0 aromatic heterocycles. The van der Waals surface area contributed by atoms with Crippen molar-refractivity contribution >= 4 is 11.4 Å². The highest BCUT2D eigenvalue weighted by molar-refractivity contribution is 5.44. The molecule has 0 spiro atoms. The number of aromatic hydroxyl groups is 1.